The van der Waals surface area contributed by atoms with Crippen LogP contribution in [0.1, 0.15) is 26.1 Å². The molecule has 2 rings (SSSR count). The van der Waals surface area contributed by atoms with Gasteiger partial charge in [-0.3, -0.25) is 4.79 Å². The first-order chi connectivity index (χ1) is 8.58. The zero-order valence-electron chi connectivity index (χ0n) is 10.7. The van der Waals surface area contributed by atoms with Gasteiger partial charge in [0.15, 0.2) is 0 Å². The molecule has 2 atom stereocenters. The molecule has 6 heteroatoms. The number of nitrogens with zero attached hydrogens (tertiary/aromatic N) is 5. The molecule has 0 bridgehead atoms. The number of likely N-dealkylation sites (tertiary alicyclic amines) is 1. The molecule has 1 aromatic heterocycles. The van der Waals surface area contributed by atoms with Crippen LogP contribution < -0.4 is 0 Å². The highest BCUT2D eigenvalue weighted by atomic mass is 16.2. The van der Waals surface area contributed by atoms with Gasteiger partial charge in [0.25, 0.3) is 5.82 Å². The molecule has 0 saturated carbocycles. The zero-order valence-corrected chi connectivity index (χ0v) is 10.7. The van der Waals surface area contributed by atoms with Crippen LogP contribution in [0.2, 0.25) is 0 Å². The number of nitriles is 1. The molecule has 0 radical (unpaired) electrons. The molecule has 96 valence electrons. The summed E-state index contributed by atoms with van der Waals surface area (Å²) < 4.78 is 1.42. The lowest BCUT2D eigenvalue weighted by molar-refractivity contribution is -0.134. The van der Waals surface area contributed by atoms with Crippen LogP contribution in [0.15, 0.2) is 6.33 Å². The minimum atomic E-state index is 0.0442. The topological polar surface area (TPSA) is 74.8 Å². The fourth-order valence-electron chi connectivity index (χ4n) is 2.53. The molecule has 0 spiro atoms. The average molecular weight is 247 g/mol. The fraction of sp³-hybridized carbons (Fsp3) is 0.667. The van der Waals surface area contributed by atoms with Crippen molar-refractivity contribution in [2.24, 2.45) is 11.8 Å². The molecule has 2 heterocycles. The molecule has 2 unspecified atom stereocenters. The lowest BCUT2D eigenvalue weighted by Crippen LogP contribution is -2.44. The average Bonchev–Trinajstić information content (AvgIpc) is 2.75. The predicted octanol–water partition coefficient (Wildman–Crippen LogP) is 0.654. The van der Waals surface area contributed by atoms with Crippen LogP contribution in [0.3, 0.4) is 0 Å². The number of carbonyl (C=O) groups excluding carboxylic acids is 1. The van der Waals surface area contributed by atoms with Gasteiger partial charge in [0, 0.05) is 13.1 Å². The van der Waals surface area contributed by atoms with E-state index >= 15 is 0 Å². The Balaban J connectivity index is 1.97. The Morgan fingerprint density at radius 1 is 1.50 bits per heavy atom. The normalized spacial score (nSPS) is 23.7. The molecule has 1 aliphatic rings. The Hall–Kier alpha value is -1.90. The number of aromatic nitrogens is 3. The van der Waals surface area contributed by atoms with Gasteiger partial charge in [-0.2, -0.15) is 5.26 Å². The van der Waals surface area contributed by atoms with Crippen molar-refractivity contribution in [1.29, 1.82) is 5.26 Å². The Kier molecular flexibility index (Phi) is 3.60. The summed E-state index contributed by atoms with van der Waals surface area (Å²) in [5.41, 5.74) is 0. The summed E-state index contributed by atoms with van der Waals surface area (Å²) in [6.07, 6.45) is 2.60. The van der Waals surface area contributed by atoms with Gasteiger partial charge in [0.2, 0.25) is 5.91 Å². The van der Waals surface area contributed by atoms with Crippen LogP contribution in [0.5, 0.6) is 0 Å². The Labute approximate surface area is 106 Å². The second-order valence-corrected chi connectivity index (χ2v) is 5.12. The van der Waals surface area contributed by atoms with Crippen molar-refractivity contribution in [3.63, 3.8) is 0 Å². The summed E-state index contributed by atoms with van der Waals surface area (Å²) >= 11 is 0. The highest BCUT2D eigenvalue weighted by Gasteiger charge is 2.25. The standard InChI is InChI=1S/C12H17N5O/c1-9-3-10(2)6-16(5-9)12(18)7-17-8-14-11(4-13)15-17/h8-10H,3,5-7H2,1-2H3. The van der Waals surface area contributed by atoms with Crippen molar-refractivity contribution < 1.29 is 4.79 Å². The van der Waals surface area contributed by atoms with Gasteiger partial charge in [0.1, 0.15) is 18.9 Å². The van der Waals surface area contributed by atoms with Crippen LogP contribution in [0.4, 0.5) is 0 Å². The maximum atomic E-state index is 12.1. The molecule has 0 N–H and O–H groups in total. The number of hydrogen-bond acceptors (Lipinski definition) is 4. The summed E-state index contributed by atoms with van der Waals surface area (Å²) in [5, 5.41) is 12.5. The number of amides is 1. The summed E-state index contributed by atoms with van der Waals surface area (Å²) in [7, 11) is 0. The Bertz CT molecular complexity index is 465. The second kappa shape index (κ2) is 5.17. The van der Waals surface area contributed by atoms with Crippen LogP contribution in [-0.4, -0.2) is 38.7 Å². The molecule has 1 fully saturated rings. The highest BCUT2D eigenvalue weighted by Crippen LogP contribution is 2.20. The SMILES string of the molecule is CC1CC(C)CN(C(=O)Cn2cnc(C#N)n2)C1. The van der Waals surface area contributed by atoms with Gasteiger partial charge in [-0.05, 0) is 18.3 Å². The molecule has 6 nitrogen and oxygen atoms in total. The third-order valence-corrected chi connectivity index (χ3v) is 3.16. The van der Waals surface area contributed by atoms with Crippen LogP contribution in [0.25, 0.3) is 0 Å². The minimum absolute atomic E-state index is 0.0442. The molecule has 0 aromatic carbocycles. The molecule has 1 amide bonds. The van der Waals surface area contributed by atoms with E-state index in [1.807, 2.05) is 11.0 Å². The van der Waals surface area contributed by atoms with Gasteiger partial charge >= 0.3 is 0 Å². The molecular formula is C12H17N5O. The van der Waals surface area contributed by atoms with Crippen molar-refractivity contribution in [1.82, 2.24) is 19.7 Å². The van der Waals surface area contributed by atoms with Crippen molar-refractivity contribution in [2.75, 3.05) is 13.1 Å². The zero-order chi connectivity index (χ0) is 13.1. The predicted molar refractivity (Wildman–Crippen MR) is 64.3 cm³/mol. The Morgan fingerprint density at radius 3 is 2.72 bits per heavy atom. The minimum Gasteiger partial charge on any atom is -0.341 e. The maximum Gasteiger partial charge on any atom is 0.252 e. The van der Waals surface area contributed by atoms with Gasteiger partial charge in [-0.1, -0.05) is 13.8 Å². The third-order valence-electron chi connectivity index (χ3n) is 3.16. The van der Waals surface area contributed by atoms with E-state index in [1.165, 1.54) is 17.4 Å². The number of hydrogen-bond donors (Lipinski definition) is 0. The highest BCUT2D eigenvalue weighted by molar-refractivity contribution is 5.76. The molecule has 1 saturated heterocycles. The van der Waals surface area contributed by atoms with E-state index < -0.39 is 0 Å². The van der Waals surface area contributed by atoms with E-state index in [9.17, 15) is 4.79 Å². The van der Waals surface area contributed by atoms with E-state index in [2.05, 4.69) is 23.9 Å². The Morgan fingerprint density at radius 2 is 2.17 bits per heavy atom. The lowest BCUT2D eigenvalue weighted by atomic mass is 9.92. The quantitative estimate of drug-likeness (QED) is 0.769. The molecular weight excluding hydrogens is 230 g/mol. The van der Waals surface area contributed by atoms with Crippen molar-refractivity contribution in [3.05, 3.63) is 12.2 Å². The second-order valence-electron chi connectivity index (χ2n) is 5.12. The molecule has 1 aromatic rings. The monoisotopic (exact) mass is 247 g/mol. The first-order valence-corrected chi connectivity index (χ1v) is 6.15. The largest absolute Gasteiger partial charge is 0.341 e. The van der Waals surface area contributed by atoms with E-state index in [4.69, 9.17) is 5.26 Å². The number of piperidine rings is 1. The third kappa shape index (κ3) is 2.86. The van der Waals surface area contributed by atoms with Gasteiger partial charge in [-0.15, -0.1) is 5.10 Å². The van der Waals surface area contributed by atoms with Gasteiger partial charge in [0.05, 0.1) is 0 Å². The van der Waals surface area contributed by atoms with Crippen molar-refractivity contribution >= 4 is 5.91 Å². The number of rotatable bonds is 2. The van der Waals surface area contributed by atoms with E-state index in [1.54, 1.807) is 0 Å². The number of carbonyl (C=O) groups is 1. The summed E-state index contributed by atoms with van der Waals surface area (Å²) in [4.78, 5) is 17.8. The van der Waals surface area contributed by atoms with Crippen LogP contribution in [0, 0.1) is 23.2 Å². The lowest BCUT2D eigenvalue weighted by Gasteiger charge is -2.34. The van der Waals surface area contributed by atoms with E-state index in [-0.39, 0.29) is 18.3 Å². The van der Waals surface area contributed by atoms with Gasteiger partial charge < -0.3 is 4.90 Å². The van der Waals surface area contributed by atoms with Crippen molar-refractivity contribution in [2.45, 2.75) is 26.8 Å². The fourth-order valence-corrected chi connectivity index (χ4v) is 2.53. The molecule has 0 aliphatic carbocycles. The van der Waals surface area contributed by atoms with E-state index in [0.29, 0.717) is 11.8 Å². The molecule has 18 heavy (non-hydrogen) atoms. The summed E-state index contributed by atoms with van der Waals surface area (Å²) in [5.74, 6) is 1.23. The van der Waals surface area contributed by atoms with Crippen LogP contribution in [-0.2, 0) is 11.3 Å². The first-order valence-electron chi connectivity index (χ1n) is 6.15. The van der Waals surface area contributed by atoms with Crippen LogP contribution >= 0.6 is 0 Å². The summed E-state index contributed by atoms with van der Waals surface area (Å²) in [6, 6.07) is 1.85. The smallest absolute Gasteiger partial charge is 0.252 e. The molecule has 1 aliphatic heterocycles. The summed E-state index contributed by atoms with van der Waals surface area (Å²) in [6.45, 7) is 6.11. The first kappa shape index (κ1) is 12.6. The maximum absolute atomic E-state index is 12.1. The van der Waals surface area contributed by atoms with E-state index in [0.717, 1.165) is 13.1 Å². The van der Waals surface area contributed by atoms with Gasteiger partial charge in [-0.25, -0.2) is 9.67 Å². The van der Waals surface area contributed by atoms with Crippen molar-refractivity contribution in [3.8, 4) is 6.07 Å².